The standard InChI is InChI=1S/C22H22ClF2N3O6/c23-12-6-15-20(28-22(26-15)34-17-9-32-18-16(30)8-31-19(17)18)27-21(12)33-7-11-13(24)4-10(2-1-3-29)5-14(11)25/h4-6,16-19,29-30H,1-3,7-9H2,(H,26,27,28)/t16-,17-,18?,19?/m1/s1. The first-order valence-corrected chi connectivity index (χ1v) is 11.2. The number of aromatic amines is 1. The van der Waals surface area contributed by atoms with Gasteiger partial charge in [0.15, 0.2) is 11.8 Å². The van der Waals surface area contributed by atoms with Gasteiger partial charge in [-0.25, -0.2) is 8.78 Å². The third kappa shape index (κ3) is 4.53. The number of hydrogen-bond donors (Lipinski definition) is 3. The van der Waals surface area contributed by atoms with Crippen molar-refractivity contribution in [3.63, 3.8) is 0 Å². The van der Waals surface area contributed by atoms with E-state index >= 15 is 0 Å². The summed E-state index contributed by atoms with van der Waals surface area (Å²) in [7, 11) is 0. The van der Waals surface area contributed by atoms with Crippen LogP contribution in [0.25, 0.3) is 11.2 Å². The Labute approximate surface area is 197 Å². The molecule has 1 aromatic carbocycles. The Balaban J connectivity index is 1.29. The maximum absolute atomic E-state index is 14.4. The zero-order valence-electron chi connectivity index (χ0n) is 17.8. The van der Waals surface area contributed by atoms with Crippen LogP contribution in [0, 0.1) is 11.6 Å². The smallest absolute Gasteiger partial charge is 0.296 e. The quantitative estimate of drug-likeness (QED) is 0.434. The minimum Gasteiger partial charge on any atom is -0.471 e. The van der Waals surface area contributed by atoms with Crippen LogP contribution in [0.3, 0.4) is 0 Å². The second kappa shape index (κ2) is 9.59. The van der Waals surface area contributed by atoms with Crippen molar-refractivity contribution >= 4 is 22.8 Å². The molecule has 182 valence electrons. The molecule has 0 bridgehead atoms. The summed E-state index contributed by atoms with van der Waals surface area (Å²) in [6.45, 7) is -0.0686. The normalized spacial score (nSPS) is 24.0. The molecule has 0 saturated carbocycles. The Hall–Kier alpha value is -2.57. The number of nitrogens with one attached hydrogen (secondary N) is 1. The van der Waals surface area contributed by atoms with E-state index in [1.807, 2.05) is 0 Å². The number of H-pyrrole nitrogens is 1. The molecule has 3 N–H and O–H groups in total. The van der Waals surface area contributed by atoms with Gasteiger partial charge in [0.2, 0.25) is 5.88 Å². The van der Waals surface area contributed by atoms with Crippen LogP contribution < -0.4 is 9.47 Å². The van der Waals surface area contributed by atoms with Gasteiger partial charge < -0.3 is 34.1 Å². The Morgan fingerprint density at radius 2 is 1.88 bits per heavy atom. The van der Waals surface area contributed by atoms with E-state index in [1.54, 1.807) is 0 Å². The van der Waals surface area contributed by atoms with E-state index in [2.05, 4.69) is 15.0 Å². The summed E-state index contributed by atoms with van der Waals surface area (Å²) in [5.74, 6) is -1.55. The molecule has 2 aromatic heterocycles. The highest BCUT2D eigenvalue weighted by Gasteiger charge is 2.48. The molecule has 2 unspecified atom stereocenters. The van der Waals surface area contributed by atoms with Crippen molar-refractivity contribution in [1.29, 1.82) is 0 Å². The maximum Gasteiger partial charge on any atom is 0.296 e. The van der Waals surface area contributed by atoms with Gasteiger partial charge in [0.25, 0.3) is 6.01 Å². The van der Waals surface area contributed by atoms with Crippen molar-refractivity contribution in [3.05, 3.63) is 46.0 Å². The highest BCUT2D eigenvalue weighted by molar-refractivity contribution is 6.32. The first-order valence-electron chi connectivity index (χ1n) is 10.8. The number of pyridine rings is 1. The molecule has 34 heavy (non-hydrogen) atoms. The van der Waals surface area contributed by atoms with Gasteiger partial charge in [-0.15, -0.1) is 0 Å². The number of aliphatic hydroxyl groups excluding tert-OH is 2. The SMILES string of the molecule is OCCCc1cc(F)c(COc2nc3nc(O[C@@H]4COC5C4OC[C@H]5O)[nH]c3cc2Cl)c(F)c1. The molecule has 0 amide bonds. The number of fused-ring (bicyclic) bond motifs is 2. The second-order valence-electron chi connectivity index (χ2n) is 8.16. The minimum atomic E-state index is -0.753. The lowest BCUT2D eigenvalue weighted by Crippen LogP contribution is -2.34. The number of benzene rings is 1. The number of aromatic nitrogens is 3. The van der Waals surface area contributed by atoms with Crippen molar-refractivity contribution in [3.8, 4) is 11.9 Å². The molecule has 0 spiro atoms. The molecule has 4 heterocycles. The number of rotatable bonds is 8. The number of halogens is 3. The molecular formula is C22H22ClF2N3O6. The Morgan fingerprint density at radius 3 is 2.65 bits per heavy atom. The van der Waals surface area contributed by atoms with Crippen LogP contribution in [0.1, 0.15) is 17.5 Å². The highest BCUT2D eigenvalue weighted by Crippen LogP contribution is 2.31. The second-order valence-corrected chi connectivity index (χ2v) is 8.57. The molecule has 5 rings (SSSR count). The van der Waals surface area contributed by atoms with Crippen LogP contribution in [-0.2, 0) is 22.5 Å². The van der Waals surface area contributed by atoms with Crippen LogP contribution in [0.4, 0.5) is 8.78 Å². The molecule has 2 aliphatic heterocycles. The summed E-state index contributed by atoms with van der Waals surface area (Å²) in [5, 5.41) is 18.9. The molecule has 3 aromatic rings. The molecule has 0 radical (unpaired) electrons. The van der Waals surface area contributed by atoms with E-state index in [0.29, 0.717) is 23.9 Å². The number of aryl methyl sites for hydroxylation is 1. The van der Waals surface area contributed by atoms with Crippen LogP contribution in [0.15, 0.2) is 18.2 Å². The lowest BCUT2D eigenvalue weighted by molar-refractivity contribution is 0.00706. The third-order valence-corrected chi connectivity index (χ3v) is 6.07. The van der Waals surface area contributed by atoms with Crippen molar-refractivity contribution < 1.29 is 37.9 Å². The van der Waals surface area contributed by atoms with E-state index in [1.165, 1.54) is 18.2 Å². The summed E-state index contributed by atoms with van der Waals surface area (Å²) in [5.41, 5.74) is 0.899. The van der Waals surface area contributed by atoms with Crippen LogP contribution >= 0.6 is 11.6 Å². The van der Waals surface area contributed by atoms with E-state index in [-0.39, 0.29) is 47.9 Å². The van der Waals surface area contributed by atoms with Gasteiger partial charge in [0.1, 0.15) is 41.6 Å². The number of imidazole rings is 1. The Morgan fingerprint density at radius 1 is 1.12 bits per heavy atom. The predicted octanol–water partition coefficient (Wildman–Crippen LogP) is 2.30. The topological polar surface area (TPSA) is 119 Å². The lowest BCUT2D eigenvalue weighted by atomic mass is 10.1. The number of aliphatic hydroxyl groups is 2. The monoisotopic (exact) mass is 497 g/mol. The van der Waals surface area contributed by atoms with Crippen LogP contribution in [0.2, 0.25) is 5.02 Å². The zero-order valence-corrected chi connectivity index (χ0v) is 18.6. The molecular weight excluding hydrogens is 476 g/mol. The Bertz CT molecular complexity index is 1170. The van der Waals surface area contributed by atoms with Crippen molar-refractivity contribution in [1.82, 2.24) is 15.0 Å². The van der Waals surface area contributed by atoms with Gasteiger partial charge in [-0.2, -0.15) is 9.97 Å². The van der Waals surface area contributed by atoms with Gasteiger partial charge in [0, 0.05) is 6.61 Å². The summed E-state index contributed by atoms with van der Waals surface area (Å²) >= 11 is 6.25. The van der Waals surface area contributed by atoms with Gasteiger partial charge in [0.05, 0.1) is 24.3 Å². The minimum absolute atomic E-state index is 0.0399. The average Bonchev–Trinajstić information content (AvgIpc) is 3.48. The van der Waals surface area contributed by atoms with Gasteiger partial charge in [-0.05, 0) is 36.6 Å². The largest absolute Gasteiger partial charge is 0.471 e. The van der Waals surface area contributed by atoms with Crippen molar-refractivity contribution in [2.45, 2.75) is 43.9 Å². The Kier molecular flexibility index (Phi) is 6.54. The third-order valence-electron chi connectivity index (χ3n) is 5.80. The molecule has 9 nitrogen and oxygen atoms in total. The van der Waals surface area contributed by atoms with Gasteiger partial charge in [-0.3, -0.25) is 0 Å². The average molecular weight is 498 g/mol. The van der Waals surface area contributed by atoms with Crippen LogP contribution in [-0.4, -0.2) is 69.4 Å². The van der Waals surface area contributed by atoms with Crippen molar-refractivity contribution in [2.75, 3.05) is 19.8 Å². The lowest BCUT2D eigenvalue weighted by Gasteiger charge is -2.15. The van der Waals surface area contributed by atoms with E-state index < -0.39 is 42.7 Å². The highest BCUT2D eigenvalue weighted by atomic mass is 35.5. The van der Waals surface area contributed by atoms with Gasteiger partial charge >= 0.3 is 0 Å². The van der Waals surface area contributed by atoms with E-state index in [0.717, 1.165) is 0 Å². The van der Waals surface area contributed by atoms with E-state index in [9.17, 15) is 13.9 Å². The maximum atomic E-state index is 14.4. The fourth-order valence-electron chi connectivity index (χ4n) is 4.09. The molecule has 4 atom stereocenters. The molecule has 2 aliphatic rings. The first-order chi connectivity index (χ1) is 16.4. The van der Waals surface area contributed by atoms with Crippen LogP contribution in [0.5, 0.6) is 11.9 Å². The van der Waals surface area contributed by atoms with E-state index in [4.69, 9.17) is 35.7 Å². The fraction of sp³-hybridized carbons (Fsp3) is 0.455. The molecule has 2 fully saturated rings. The fourth-order valence-corrected chi connectivity index (χ4v) is 4.29. The summed E-state index contributed by atoms with van der Waals surface area (Å²) in [6, 6.07) is 4.12. The molecule has 12 heteroatoms. The molecule has 2 saturated heterocycles. The number of hydrogen-bond acceptors (Lipinski definition) is 8. The summed E-state index contributed by atoms with van der Waals surface area (Å²) in [6.07, 6.45) is -1.22. The zero-order chi connectivity index (χ0) is 23.8. The number of nitrogens with zero attached hydrogens (tertiary/aromatic N) is 2. The van der Waals surface area contributed by atoms with Crippen molar-refractivity contribution in [2.24, 2.45) is 0 Å². The molecule has 0 aliphatic carbocycles. The first kappa shape index (κ1) is 23.2. The summed E-state index contributed by atoms with van der Waals surface area (Å²) < 4.78 is 51.2. The van der Waals surface area contributed by atoms with Gasteiger partial charge in [-0.1, -0.05) is 11.6 Å². The number of ether oxygens (including phenoxy) is 4. The summed E-state index contributed by atoms with van der Waals surface area (Å²) in [4.78, 5) is 11.5. The predicted molar refractivity (Wildman–Crippen MR) is 115 cm³/mol.